The Morgan fingerprint density at radius 1 is 1.00 bits per heavy atom. The molecule has 4 nitrogen and oxygen atoms in total. The van der Waals surface area contributed by atoms with Gasteiger partial charge in [-0.15, -0.1) is 0 Å². The normalized spacial score (nSPS) is 23.7. The van der Waals surface area contributed by atoms with Crippen LogP contribution in [0.15, 0.2) is 41.1 Å². The first-order valence-corrected chi connectivity index (χ1v) is 10.2. The summed E-state index contributed by atoms with van der Waals surface area (Å²) < 4.78 is 0. The van der Waals surface area contributed by atoms with E-state index in [1.165, 1.54) is 43.2 Å². The number of aliphatic hydroxyl groups is 1. The molecule has 0 aromatic heterocycles. The number of nitrogens with zero attached hydrogens (tertiary/aromatic N) is 2. The maximum absolute atomic E-state index is 10.3. The molecule has 0 unspecified atom stereocenters. The van der Waals surface area contributed by atoms with Gasteiger partial charge in [0.05, 0.1) is 5.71 Å². The second-order valence-corrected chi connectivity index (χ2v) is 7.49. The van der Waals surface area contributed by atoms with Gasteiger partial charge in [-0.25, -0.2) is 0 Å². The summed E-state index contributed by atoms with van der Waals surface area (Å²) in [6, 6.07) is 10.4. The Bertz CT molecular complexity index is 589. The van der Waals surface area contributed by atoms with E-state index < -0.39 is 6.10 Å². The number of hydrogen-bond donors (Lipinski definition) is 1. The average Bonchev–Trinajstić information content (AvgIpc) is 2.93. The van der Waals surface area contributed by atoms with E-state index in [-0.39, 0.29) is 6.61 Å². The fraction of sp³-hybridized carbons (Fsp3) is 0.591. The maximum Gasteiger partial charge on any atom is 0.144 e. The molecule has 1 aromatic carbocycles. The highest BCUT2D eigenvalue weighted by Crippen LogP contribution is 2.23. The number of β-amino-alcohol motifs (C(OH)–C–C–N with tert-alkyl or cyclic N) is 1. The summed E-state index contributed by atoms with van der Waals surface area (Å²) in [6.45, 7) is 3.15. The molecule has 1 heterocycles. The van der Waals surface area contributed by atoms with E-state index in [0.717, 1.165) is 38.1 Å². The van der Waals surface area contributed by atoms with Crippen LogP contribution in [0.3, 0.4) is 0 Å². The van der Waals surface area contributed by atoms with Gasteiger partial charge in [0.2, 0.25) is 0 Å². The van der Waals surface area contributed by atoms with Crippen LogP contribution in [0.5, 0.6) is 0 Å². The lowest BCUT2D eigenvalue weighted by Crippen LogP contribution is -2.35. The summed E-state index contributed by atoms with van der Waals surface area (Å²) in [5.41, 5.74) is 3.52. The molecule has 2 aliphatic rings. The third-order valence-electron chi connectivity index (χ3n) is 5.23. The van der Waals surface area contributed by atoms with Crippen LogP contribution in [0.1, 0.15) is 56.9 Å². The molecule has 0 bridgehead atoms. The predicted molar refractivity (Wildman–Crippen MR) is 107 cm³/mol. The Morgan fingerprint density at radius 3 is 2.50 bits per heavy atom. The van der Waals surface area contributed by atoms with E-state index in [0.29, 0.717) is 6.54 Å². The van der Waals surface area contributed by atoms with Gasteiger partial charge in [-0.2, -0.15) is 0 Å². The van der Waals surface area contributed by atoms with Gasteiger partial charge >= 0.3 is 0 Å². The average molecular weight is 357 g/mol. The molecule has 0 spiro atoms. The standard InChI is InChI=1S/C22H32N2O2/c25-21(17-24-14-8-1-2-9-15-24)18-26-23-22-13-7-6-12-20(22)16-19-10-4-3-5-11-19/h3-5,10-11,16,21,25H,1-2,6-9,12-15,17-18H2/b20-16+,23-22+/t21-/m0/s1. The molecular weight excluding hydrogens is 324 g/mol. The molecule has 1 atom stereocenters. The fourth-order valence-corrected chi connectivity index (χ4v) is 3.79. The zero-order valence-corrected chi connectivity index (χ0v) is 15.8. The van der Waals surface area contributed by atoms with Crippen LogP contribution in [-0.2, 0) is 4.84 Å². The third-order valence-corrected chi connectivity index (χ3v) is 5.23. The zero-order chi connectivity index (χ0) is 18.0. The fourth-order valence-electron chi connectivity index (χ4n) is 3.79. The molecule has 1 aromatic rings. The number of aliphatic hydroxyl groups excluding tert-OH is 1. The highest BCUT2D eigenvalue weighted by molar-refractivity contribution is 6.03. The van der Waals surface area contributed by atoms with Crippen LogP contribution in [-0.4, -0.2) is 48.1 Å². The first kappa shape index (κ1) is 19.1. The second-order valence-electron chi connectivity index (χ2n) is 7.49. The van der Waals surface area contributed by atoms with Crippen LogP contribution in [0.25, 0.3) is 6.08 Å². The van der Waals surface area contributed by atoms with Crippen molar-refractivity contribution in [2.45, 2.75) is 57.5 Å². The van der Waals surface area contributed by atoms with E-state index in [4.69, 9.17) is 4.84 Å². The van der Waals surface area contributed by atoms with Crippen molar-refractivity contribution in [3.05, 3.63) is 41.5 Å². The first-order valence-electron chi connectivity index (χ1n) is 10.2. The molecule has 3 rings (SSSR count). The Hall–Kier alpha value is -1.65. The minimum Gasteiger partial charge on any atom is -0.393 e. The highest BCUT2D eigenvalue weighted by atomic mass is 16.6. The van der Waals surface area contributed by atoms with Crippen LogP contribution < -0.4 is 0 Å². The van der Waals surface area contributed by atoms with Crippen molar-refractivity contribution in [3.8, 4) is 0 Å². The highest BCUT2D eigenvalue weighted by Gasteiger charge is 2.16. The van der Waals surface area contributed by atoms with E-state index in [1.54, 1.807) is 0 Å². The number of hydrogen-bond acceptors (Lipinski definition) is 4. The molecular formula is C22H32N2O2. The molecule has 1 N–H and O–H groups in total. The van der Waals surface area contributed by atoms with Crippen molar-refractivity contribution >= 4 is 11.8 Å². The van der Waals surface area contributed by atoms with Crippen LogP contribution in [0.2, 0.25) is 0 Å². The van der Waals surface area contributed by atoms with Crippen LogP contribution in [0.4, 0.5) is 0 Å². The van der Waals surface area contributed by atoms with E-state index in [1.807, 2.05) is 6.07 Å². The van der Waals surface area contributed by atoms with Crippen molar-refractivity contribution in [2.75, 3.05) is 26.2 Å². The van der Waals surface area contributed by atoms with Gasteiger partial charge in [-0.3, -0.25) is 0 Å². The summed E-state index contributed by atoms with van der Waals surface area (Å²) in [5.74, 6) is 0. The van der Waals surface area contributed by atoms with E-state index >= 15 is 0 Å². The molecule has 4 heteroatoms. The molecule has 0 amide bonds. The van der Waals surface area contributed by atoms with Gasteiger partial charge in [0.25, 0.3) is 0 Å². The van der Waals surface area contributed by atoms with Crippen LogP contribution >= 0.6 is 0 Å². The van der Waals surface area contributed by atoms with Gasteiger partial charge in [0.1, 0.15) is 12.7 Å². The van der Waals surface area contributed by atoms with Gasteiger partial charge in [0, 0.05) is 6.54 Å². The maximum atomic E-state index is 10.3. The first-order chi connectivity index (χ1) is 12.8. The number of oxime groups is 1. The molecule has 1 aliphatic carbocycles. The molecule has 1 saturated carbocycles. The Kier molecular flexibility index (Phi) is 7.71. The van der Waals surface area contributed by atoms with Gasteiger partial charge < -0.3 is 14.8 Å². The van der Waals surface area contributed by atoms with E-state index in [2.05, 4.69) is 40.4 Å². The quantitative estimate of drug-likeness (QED) is 0.775. The van der Waals surface area contributed by atoms with Crippen molar-refractivity contribution in [2.24, 2.45) is 5.16 Å². The lowest BCUT2D eigenvalue weighted by molar-refractivity contribution is 0.0194. The Labute approximate surface area is 157 Å². The van der Waals surface area contributed by atoms with Crippen molar-refractivity contribution in [1.82, 2.24) is 4.90 Å². The summed E-state index contributed by atoms with van der Waals surface area (Å²) in [6.07, 6.45) is 11.2. The topological polar surface area (TPSA) is 45.1 Å². The molecule has 0 radical (unpaired) electrons. The number of allylic oxidation sites excluding steroid dienone is 1. The number of likely N-dealkylation sites (tertiary alicyclic amines) is 1. The SMILES string of the molecule is O[C@H](CO/N=C1\CCCC\C1=C/c1ccccc1)CN1CCCCCC1. The summed E-state index contributed by atoms with van der Waals surface area (Å²) in [4.78, 5) is 7.90. The van der Waals surface area contributed by atoms with Crippen molar-refractivity contribution < 1.29 is 9.94 Å². The van der Waals surface area contributed by atoms with Gasteiger partial charge in [0.15, 0.2) is 0 Å². The lowest BCUT2D eigenvalue weighted by atomic mass is 9.91. The molecule has 1 aliphatic heterocycles. The minimum absolute atomic E-state index is 0.276. The smallest absolute Gasteiger partial charge is 0.144 e. The summed E-state index contributed by atoms with van der Waals surface area (Å²) >= 11 is 0. The lowest BCUT2D eigenvalue weighted by Gasteiger charge is -2.22. The molecule has 2 fully saturated rings. The minimum atomic E-state index is -0.470. The van der Waals surface area contributed by atoms with Crippen molar-refractivity contribution in [1.29, 1.82) is 0 Å². The number of rotatable bonds is 6. The zero-order valence-electron chi connectivity index (χ0n) is 15.8. The van der Waals surface area contributed by atoms with Crippen LogP contribution in [0, 0.1) is 0 Å². The number of benzene rings is 1. The third kappa shape index (κ3) is 6.26. The Balaban J connectivity index is 1.51. The summed E-state index contributed by atoms with van der Waals surface area (Å²) in [5, 5.41) is 14.7. The molecule has 1 saturated heterocycles. The molecule has 142 valence electrons. The Morgan fingerprint density at radius 2 is 1.73 bits per heavy atom. The second kappa shape index (κ2) is 10.5. The van der Waals surface area contributed by atoms with E-state index in [9.17, 15) is 5.11 Å². The van der Waals surface area contributed by atoms with Gasteiger partial charge in [-0.1, -0.05) is 48.3 Å². The van der Waals surface area contributed by atoms with Gasteiger partial charge in [-0.05, 0) is 68.8 Å². The molecule has 26 heavy (non-hydrogen) atoms. The summed E-state index contributed by atoms with van der Waals surface area (Å²) in [7, 11) is 0. The predicted octanol–water partition coefficient (Wildman–Crippen LogP) is 4.25. The monoisotopic (exact) mass is 356 g/mol. The van der Waals surface area contributed by atoms with Crippen molar-refractivity contribution in [3.63, 3.8) is 0 Å². The largest absolute Gasteiger partial charge is 0.393 e.